The highest BCUT2D eigenvalue weighted by Gasteiger charge is 2.07. The average Bonchev–Trinajstić information content (AvgIpc) is 2.67. The Morgan fingerprint density at radius 2 is 1.70 bits per heavy atom. The Bertz CT molecular complexity index is 767. The molecule has 0 atom stereocenters. The summed E-state index contributed by atoms with van der Waals surface area (Å²) in [5.41, 5.74) is 1.83. The molecule has 0 aliphatic rings. The molecule has 0 radical (unpaired) electrons. The number of nitrogens with one attached hydrogen (secondary N) is 3. The van der Waals surface area contributed by atoms with Crippen molar-refractivity contribution in [2.45, 2.75) is 0 Å². The van der Waals surface area contributed by atoms with Gasteiger partial charge in [0.1, 0.15) is 12.4 Å². The molecule has 8 nitrogen and oxygen atoms in total. The van der Waals surface area contributed by atoms with E-state index in [2.05, 4.69) is 16.0 Å². The van der Waals surface area contributed by atoms with Gasteiger partial charge in [-0.2, -0.15) is 0 Å². The molecule has 2 rings (SSSR count). The molecule has 0 heterocycles. The van der Waals surface area contributed by atoms with E-state index in [1.54, 1.807) is 43.5 Å². The normalized spacial score (nSPS) is 10.0. The second-order valence-electron chi connectivity index (χ2n) is 5.44. The number of carbonyl (C=O) groups is 2. The summed E-state index contributed by atoms with van der Waals surface area (Å²) in [5, 5.41) is 8.39. The first-order valence-corrected chi connectivity index (χ1v) is 8.32. The zero-order valence-corrected chi connectivity index (χ0v) is 15.3. The number of anilines is 3. The maximum Gasteiger partial charge on any atom is 0.411 e. The summed E-state index contributed by atoms with van der Waals surface area (Å²) >= 11 is 0. The van der Waals surface area contributed by atoms with Crippen molar-refractivity contribution < 1.29 is 23.8 Å². The fourth-order valence-electron chi connectivity index (χ4n) is 2.20. The van der Waals surface area contributed by atoms with Crippen LogP contribution in [0.25, 0.3) is 0 Å². The van der Waals surface area contributed by atoms with Crippen LogP contribution >= 0.6 is 0 Å². The van der Waals surface area contributed by atoms with E-state index in [1.807, 2.05) is 12.1 Å². The number of methoxy groups -OCH3 is 2. The van der Waals surface area contributed by atoms with Crippen LogP contribution in [-0.4, -0.2) is 46.0 Å². The zero-order chi connectivity index (χ0) is 19.5. The molecule has 0 spiro atoms. The van der Waals surface area contributed by atoms with E-state index in [-0.39, 0.29) is 19.1 Å². The van der Waals surface area contributed by atoms with E-state index >= 15 is 0 Å². The van der Waals surface area contributed by atoms with Gasteiger partial charge in [-0.1, -0.05) is 18.2 Å². The van der Waals surface area contributed by atoms with Gasteiger partial charge in [0.2, 0.25) is 5.91 Å². The number of carbonyl (C=O) groups excluding carboxylic acids is 2. The third-order valence-electron chi connectivity index (χ3n) is 3.46. The number of rotatable bonds is 9. The summed E-state index contributed by atoms with van der Waals surface area (Å²) in [6.45, 7) is 0.555. The first-order valence-electron chi connectivity index (χ1n) is 8.32. The van der Waals surface area contributed by atoms with Crippen LogP contribution < -0.4 is 20.7 Å². The average molecular weight is 373 g/mol. The van der Waals surface area contributed by atoms with Crippen LogP contribution in [0.15, 0.2) is 48.5 Å². The summed E-state index contributed by atoms with van der Waals surface area (Å²) in [4.78, 5) is 23.8. The van der Waals surface area contributed by atoms with Gasteiger partial charge < -0.3 is 24.8 Å². The van der Waals surface area contributed by atoms with Crippen molar-refractivity contribution in [2.24, 2.45) is 0 Å². The maximum atomic E-state index is 12.1. The fourth-order valence-corrected chi connectivity index (χ4v) is 2.20. The Hall–Kier alpha value is -3.26. The van der Waals surface area contributed by atoms with E-state index < -0.39 is 6.09 Å². The lowest BCUT2D eigenvalue weighted by Gasteiger charge is -2.12. The van der Waals surface area contributed by atoms with Crippen molar-refractivity contribution in [3.05, 3.63) is 48.5 Å². The Balaban J connectivity index is 1.85. The van der Waals surface area contributed by atoms with E-state index in [1.165, 1.54) is 7.11 Å². The van der Waals surface area contributed by atoms with Crippen molar-refractivity contribution in [1.29, 1.82) is 0 Å². The third-order valence-corrected chi connectivity index (χ3v) is 3.46. The lowest BCUT2D eigenvalue weighted by Crippen LogP contribution is -2.22. The summed E-state index contributed by atoms with van der Waals surface area (Å²) in [6.07, 6.45) is -0.571. The van der Waals surface area contributed by atoms with Crippen LogP contribution in [0.1, 0.15) is 0 Å². The molecule has 0 bridgehead atoms. The molecule has 0 saturated heterocycles. The minimum atomic E-state index is -0.571. The summed E-state index contributed by atoms with van der Waals surface area (Å²) in [6, 6.07) is 14.1. The Labute approximate surface area is 157 Å². The van der Waals surface area contributed by atoms with Gasteiger partial charge in [-0.25, -0.2) is 4.79 Å². The fraction of sp³-hybridized carbons (Fsp3) is 0.263. The van der Waals surface area contributed by atoms with Gasteiger partial charge in [0.25, 0.3) is 0 Å². The highest BCUT2D eigenvalue weighted by Crippen LogP contribution is 2.23. The van der Waals surface area contributed by atoms with Gasteiger partial charge in [-0.15, -0.1) is 0 Å². The number of amides is 2. The van der Waals surface area contributed by atoms with Gasteiger partial charge >= 0.3 is 6.09 Å². The molecule has 2 aromatic rings. The third kappa shape index (κ3) is 6.87. The predicted octanol–water partition coefficient (Wildman–Crippen LogP) is 2.94. The summed E-state index contributed by atoms with van der Waals surface area (Å²) < 4.78 is 15.0. The van der Waals surface area contributed by atoms with Crippen molar-refractivity contribution in [1.82, 2.24) is 0 Å². The topological polar surface area (TPSA) is 97.9 Å². The van der Waals surface area contributed by atoms with Crippen LogP contribution in [0.5, 0.6) is 5.75 Å². The molecule has 0 aromatic heterocycles. The zero-order valence-electron chi connectivity index (χ0n) is 15.3. The van der Waals surface area contributed by atoms with Gasteiger partial charge in [-0.05, 0) is 30.3 Å². The minimum absolute atomic E-state index is 0.0553. The predicted molar refractivity (Wildman–Crippen MR) is 103 cm³/mol. The SMILES string of the molecule is COCCOC(=O)Nc1cccc(NCC(=O)Nc2ccccc2OC)c1. The summed E-state index contributed by atoms with van der Waals surface area (Å²) in [7, 11) is 3.07. The van der Waals surface area contributed by atoms with Crippen LogP contribution in [0.3, 0.4) is 0 Å². The molecule has 0 aliphatic heterocycles. The van der Waals surface area contributed by atoms with E-state index in [4.69, 9.17) is 14.2 Å². The number of benzene rings is 2. The Morgan fingerprint density at radius 1 is 0.926 bits per heavy atom. The van der Waals surface area contributed by atoms with Gasteiger partial charge in [0.15, 0.2) is 0 Å². The number of hydrogen-bond donors (Lipinski definition) is 3. The molecule has 2 amide bonds. The second kappa shape index (κ2) is 10.7. The Kier molecular flexibility index (Phi) is 7.92. The smallest absolute Gasteiger partial charge is 0.411 e. The molecule has 2 aromatic carbocycles. The number of ether oxygens (including phenoxy) is 3. The highest BCUT2D eigenvalue weighted by atomic mass is 16.6. The highest BCUT2D eigenvalue weighted by molar-refractivity contribution is 5.95. The van der Waals surface area contributed by atoms with Crippen LogP contribution in [0.2, 0.25) is 0 Å². The number of para-hydroxylation sites is 2. The second-order valence-corrected chi connectivity index (χ2v) is 5.44. The first kappa shape index (κ1) is 20.1. The Morgan fingerprint density at radius 3 is 2.48 bits per heavy atom. The lowest BCUT2D eigenvalue weighted by molar-refractivity contribution is -0.114. The molecule has 8 heteroatoms. The molecule has 0 aliphatic carbocycles. The molecule has 0 unspecified atom stereocenters. The van der Waals surface area contributed by atoms with E-state index in [0.29, 0.717) is 29.4 Å². The quantitative estimate of drug-likeness (QED) is 0.585. The first-order chi connectivity index (χ1) is 13.1. The summed E-state index contributed by atoms with van der Waals surface area (Å²) in [5.74, 6) is 0.362. The van der Waals surface area contributed by atoms with Crippen molar-refractivity contribution in [3.8, 4) is 5.75 Å². The van der Waals surface area contributed by atoms with Crippen molar-refractivity contribution in [3.63, 3.8) is 0 Å². The lowest BCUT2D eigenvalue weighted by atomic mass is 10.2. The molecule has 27 heavy (non-hydrogen) atoms. The molecule has 0 fully saturated rings. The number of hydrogen-bond acceptors (Lipinski definition) is 6. The van der Waals surface area contributed by atoms with E-state index in [0.717, 1.165) is 0 Å². The maximum absolute atomic E-state index is 12.1. The van der Waals surface area contributed by atoms with Gasteiger partial charge in [0.05, 0.1) is 25.9 Å². The van der Waals surface area contributed by atoms with Crippen molar-refractivity contribution in [2.75, 3.05) is 49.9 Å². The van der Waals surface area contributed by atoms with Gasteiger partial charge in [0, 0.05) is 18.5 Å². The molecule has 3 N–H and O–H groups in total. The van der Waals surface area contributed by atoms with E-state index in [9.17, 15) is 9.59 Å². The van der Waals surface area contributed by atoms with Crippen molar-refractivity contribution >= 4 is 29.1 Å². The molecular weight excluding hydrogens is 350 g/mol. The molecule has 0 saturated carbocycles. The van der Waals surface area contributed by atoms with Crippen LogP contribution in [-0.2, 0) is 14.3 Å². The van der Waals surface area contributed by atoms with Gasteiger partial charge in [-0.3, -0.25) is 10.1 Å². The standard InChI is InChI=1S/C19H23N3O5/c1-25-10-11-27-19(24)21-15-7-5-6-14(12-15)20-13-18(23)22-16-8-3-4-9-17(16)26-2/h3-9,12,20H,10-11,13H2,1-2H3,(H,21,24)(H,22,23). The minimum Gasteiger partial charge on any atom is -0.495 e. The molecule has 144 valence electrons. The van der Waals surface area contributed by atoms with Crippen LogP contribution in [0, 0.1) is 0 Å². The largest absolute Gasteiger partial charge is 0.495 e. The molecular formula is C19H23N3O5. The monoisotopic (exact) mass is 373 g/mol. The van der Waals surface area contributed by atoms with Crippen LogP contribution in [0.4, 0.5) is 21.9 Å².